The van der Waals surface area contributed by atoms with Gasteiger partial charge in [-0.05, 0) is 93.5 Å². The number of pyridine rings is 1. The van der Waals surface area contributed by atoms with E-state index in [0.717, 1.165) is 53.9 Å². The number of ether oxygens (including phenoxy) is 2. The third-order valence-electron chi connectivity index (χ3n) is 9.94. The van der Waals surface area contributed by atoms with Crippen molar-refractivity contribution >= 4 is 58.5 Å². The molecule has 1 saturated carbocycles. The minimum Gasteiger partial charge on any atom is -0.485 e. The van der Waals surface area contributed by atoms with E-state index in [9.17, 15) is 14.4 Å². The first-order chi connectivity index (χ1) is 25.1. The lowest BCUT2D eigenvalue weighted by molar-refractivity contribution is -0.139. The molecule has 0 bridgehead atoms. The number of nitrogens with zero attached hydrogens (tertiary/aromatic N) is 4. The lowest BCUT2D eigenvalue weighted by Crippen LogP contribution is -2.51. The number of aromatic nitrogens is 1. The van der Waals surface area contributed by atoms with Crippen LogP contribution in [0.1, 0.15) is 81.5 Å². The van der Waals surface area contributed by atoms with Crippen LogP contribution in [0.25, 0.3) is 0 Å². The minimum atomic E-state index is -0.662. The van der Waals surface area contributed by atoms with E-state index in [2.05, 4.69) is 16.3 Å². The summed E-state index contributed by atoms with van der Waals surface area (Å²) in [4.78, 5) is 50.2. The van der Waals surface area contributed by atoms with Gasteiger partial charge >= 0.3 is 6.09 Å². The van der Waals surface area contributed by atoms with E-state index in [1.807, 2.05) is 75.2 Å². The zero-order valence-corrected chi connectivity index (χ0v) is 33.2. The maximum atomic E-state index is 14.7. The molecule has 1 N–H and O–H groups in total. The second kappa shape index (κ2) is 16.3. The molecule has 3 heterocycles. The van der Waals surface area contributed by atoms with Crippen LogP contribution in [0.2, 0.25) is 15.1 Å². The van der Waals surface area contributed by atoms with Gasteiger partial charge in [-0.1, -0.05) is 53.0 Å². The van der Waals surface area contributed by atoms with E-state index in [-0.39, 0.29) is 36.4 Å². The van der Waals surface area contributed by atoms with Crippen molar-refractivity contribution in [3.8, 4) is 5.75 Å². The summed E-state index contributed by atoms with van der Waals surface area (Å²) in [5, 5.41) is 4.38. The van der Waals surface area contributed by atoms with Gasteiger partial charge in [-0.25, -0.2) is 9.78 Å². The van der Waals surface area contributed by atoms with E-state index in [1.165, 1.54) is 6.92 Å². The fourth-order valence-corrected chi connectivity index (χ4v) is 8.01. The lowest BCUT2D eigenvalue weighted by atomic mass is 9.80. The molecule has 0 radical (unpaired) electrons. The Labute approximate surface area is 327 Å². The van der Waals surface area contributed by atoms with Gasteiger partial charge < -0.3 is 29.5 Å². The van der Waals surface area contributed by atoms with Gasteiger partial charge in [0.05, 0.1) is 22.5 Å². The summed E-state index contributed by atoms with van der Waals surface area (Å²) in [7, 11) is 0. The zero-order chi connectivity index (χ0) is 38.0. The Kier molecular flexibility index (Phi) is 12.0. The molecular weight excluding hydrogens is 737 g/mol. The van der Waals surface area contributed by atoms with E-state index >= 15 is 0 Å². The highest BCUT2D eigenvalue weighted by atomic mass is 35.5. The average Bonchev–Trinajstić information content (AvgIpc) is 3.84. The highest BCUT2D eigenvalue weighted by Crippen LogP contribution is 2.40. The number of piperidine rings is 1. The van der Waals surface area contributed by atoms with Crippen LogP contribution < -0.4 is 15.0 Å². The molecule has 3 atom stereocenters. The van der Waals surface area contributed by atoms with Gasteiger partial charge in [0.25, 0.3) is 0 Å². The van der Waals surface area contributed by atoms with Gasteiger partial charge in [0, 0.05) is 69.2 Å². The molecule has 3 aromatic rings. The number of hydrogen-bond donors (Lipinski definition) is 1. The molecule has 53 heavy (non-hydrogen) atoms. The van der Waals surface area contributed by atoms with Crippen molar-refractivity contribution in [2.24, 2.45) is 5.92 Å². The number of nitrogens with one attached hydrogen (secondary N) is 1. The van der Waals surface area contributed by atoms with Crippen molar-refractivity contribution in [1.82, 2.24) is 20.1 Å². The maximum Gasteiger partial charge on any atom is 0.410 e. The topological polar surface area (TPSA) is 104 Å². The maximum absolute atomic E-state index is 14.7. The summed E-state index contributed by atoms with van der Waals surface area (Å²) < 4.78 is 12.0. The highest BCUT2D eigenvalue weighted by molar-refractivity contribution is 6.37. The first kappa shape index (κ1) is 39.0. The predicted octanol–water partition coefficient (Wildman–Crippen LogP) is 8.18. The lowest BCUT2D eigenvalue weighted by Gasteiger charge is -2.40. The number of benzene rings is 2. The van der Waals surface area contributed by atoms with Crippen molar-refractivity contribution < 1.29 is 23.9 Å². The first-order valence-corrected chi connectivity index (χ1v) is 19.4. The van der Waals surface area contributed by atoms with Gasteiger partial charge in [-0.3, -0.25) is 9.59 Å². The molecule has 284 valence electrons. The first-order valence-electron chi connectivity index (χ1n) is 18.3. The largest absolute Gasteiger partial charge is 0.485 e. The summed E-state index contributed by atoms with van der Waals surface area (Å²) in [5.41, 5.74) is 2.98. The molecule has 0 unspecified atom stereocenters. The van der Waals surface area contributed by atoms with Crippen molar-refractivity contribution in [2.45, 2.75) is 97.1 Å². The van der Waals surface area contributed by atoms with Crippen molar-refractivity contribution in [3.05, 3.63) is 86.0 Å². The van der Waals surface area contributed by atoms with Crippen LogP contribution >= 0.6 is 34.8 Å². The van der Waals surface area contributed by atoms with Crippen molar-refractivity contribution in [3.63, 3.8) is 0 Å². The second-order valence-electron chi connectivity index (χ2n) is 15.4. The summed E-state index contributed by atoms with van der Waals surface area (Å²) in [6, 6.07) is 13.5. The Morgan fingerprint density at radius 1 is 0.943 bits per heavy atom. The smallest absolute Gasteiger partial charge is 0.410 e. The molecule has 0 spiro atoms. The summed E-state index contributed by atoms with van der Waals surface area (Å²) in [6.45, 7) is 11.7. The molecule has 1 aliphatic carbocycles. The van der Waals surface area contributed by atoms with Crippen molar-refractivity contribution in [2.75, 3.05) is 31.1 Å². The third-order valence-corrected chi connectivity index (χ3v) is 10.9. The summed E-state index contributed by atoms with van der Waals surface area (Å²) in [6.07, 6.45) is 4.53. The van der Waals surface area contributed by atoms with Crippen LogP contribution in [-0.2, 0) is 27.4 Å². The van der Waals surface area contributed by atoms with Crippen LogP contribution in [0, 0.1) is 12.8 Å². The number of carbonyl (C=O) groups excluding carboxylic acids is 3. The zero-order valence-electron chi connectivity index (χ0n) is 31.0. The summed E-state index contributed by atoms with van der Waals surface area (Å²) in [5.74, 6) is 0.506. The summed E-state index contributed by atoms with van der Waals surface area (Å²) >= 11 is 19.6. The fraction of sp³-hybridized carbons (Fsp3) is 0.500. The minimum absolute atomic E-state index is 0.0221. The van der Waals surface area contributed by atoms with Gasteiger partial charge in [-0.15, -0.1) is 0 Å². The quantitative estimate of drug-likeness (QED) is 0.221. The molecule has 2 saturated heterocycles. The van der Waals surface area contributed by atoms with Crippen LogP contribution in [-0.4, -0.2) is 76.6 Å². The molecular formula is C40H48Cl3N5O5. The van der Waals surface area contributed by atoms with Crippen LogP contribution in [0.5, 0.6) is 5.75 Å². The Bertz CT molecular complexity index is 1810. The number of carbonyl (C=O) groups is 3. The van der Waals surface area contributed by atoms with Gasteiger partial charge in [0.1, 0.15) is 17.5 Å². The fourth-order valence-electron chi connectivity index (χ4n) is 7.15. The highest BCUT2D eigenvalue weighted by Gasteiger charge is 2.43. The number of anilines is 1. The van der Waals surface area contributed by atoms with Crippen LogP contribution in [0.4, 0.5) is 10.6 Å². The number of aryl methyl sites for hydroxylation is 1. The number of hydrogen-bond acceptors (Lipinski definition) is 7. The van der Waals surface area contributed by atoms with Gasteiger partial charge in [0.2, 0.25) is 11.8 Å². The number of halogens is 3. The molecule has 3 fully saturated rings. The van der Waals surface area contributed by atoms with E-state index in [0.29, 0.717) is 53.4 Å². The van der Waals surface area contributed by atoms with E-state index < -0.39 is 17.6 Å². The third kappa shape index (κ3) is 9.88. The Morgan fingerprint density at radius 3 is 2.32 bits per heavy atom. The monoisotopic (exact) mass is 783 g/mol. The molecule has 6 rings (SSSR count). The average molecular weight is 785 g/mol. The Hall–Kier alpha value is -3.73. The van der Waals surface area contributed by atoms with Gasteiger partial charge in [0.15, 0.2) is 5.75 Å². The Balaban J connectivity index is 1.21. The van der Waals surface area contributed by atoms with Crippen molar-refractivity contribution in [1.29, 1.82) is 0 Å². The number of amides is 3. The second-order valence-corrected chi connectivity index (χ2v) is 16.7. The molecule has 13 heteroatoms. The molecule has 2 aromatic carbocycles. The SMILES string of the molecule is CC(=O)NCc1ccc(Cl)c(CN(C(=O)[C@@H]2CN(C(=O)OC(C)(C)C)CC[C@H]2c2ccc(N3CC[C@@H](Oc4c(Cl)cc(C)cc4Cl)C3)nc2)C2CC2)c1. The van der Waals surface area contributed by atoms with Crippen LogP contribution in [0.15, 0.2) is 48.7 Å². The molecule has 3 aliphatic rings. The number of likely N-dealkylation sites (tertiary alicyclic amines) is 1. The van der Waals surface area contributed by atoms with E-state index in [1.54, 1.807) is 4.90 Å². The van der Waals surface area contributed by atoms with Crippen LogP contribution in [0.3, 0.4) is 0 Å². The van der Waals surface area contributed by atoms with Gasteiger partial charge in [-0.2, -0.15) is 0 Å². The van der Waals surface area contributed by atoms with E-state index in [4.69, 9.17) is 49.3 Å². The normalized spacial score (nSPS) is 20.3. The Morgan fingerprint density at radius 2 is 1.68 bits per heavy atom. The molecule has 3 amide bonds. The standard InChI is InChI=1S/C40H48Cl3N5O5/c1-24-16-34(42)37(35(43)17-24)52-30-12-14-46(22-30)36-11-7-27(20-45-36)31-13-15-47(39(51)53-40(3,4)5)23-32(31)38(50)48(29-8-9-29)21-28-18-26(6-10-33(28)41)19-44-25(2)49/h6-7,10-11,16-18,20,29-32H,8-9,12-15,19,21-23H2,1-5H3,(H,44,49)/t30-,31+,32-/m1/s1. The molecule has 1 aromatic heterocycles. The predicted molar refractivity (Wildman–Crippen MR) is 208 cm³/mol. The molecule has 10 nitrogen and oxygen atoms in total. The molecule has 2 aliphatic heterocycles. The number of rotatable bonds is 10.